The molecule has 6 nitrogen and oxygen atoms in total. The fraction of sp³-hybridized carbons (Fsp3) is 0.130. The van der Waals surface area contributed by atoms with Crippen LogP contribution in [0.2, 0.25) is 0 Å². The summed E-state index contributed by atoms with van der Waals surface area (Å²) < 4.78 is 37.3. The Balaban J connectivity index is 1.36. The highest BCUT2D eigenvalue weighted by Gasteiger charge is 2.16. The Kier molecular flexibility index (Phi) is 6.55. The number of para-hydroxylation sites is 1. The van der Waals surface area contributed by atoms with Gasteiger partial charge in [0, 0.05) is 17.5 Å². The van der Waals surface area contributed by atoms with Gasteiger partial charge in [0.15, 0.2) is 11.5 Å². The summed E-state index contributed by atoms with van der Waals surface area (Å²) in [5, 5.41) is 5.48. The highest BCUT2D eigenvalue weighted by atomic mass is 32.2. The van der Waals surface area contributed by atoms with Crippen molar-refractivity contribution < 1.29 is 27.8 Å². The van der Waals surface area contributed by atoms with E-state index in [4.69, 9.17) is 9.47 Å². The lowest BCUT2D eigenvalue weighted by molar-refractivity contribution is -0.113. The summed E-state index contributed by atoms with van der Waals surface area (Å²) in [6.07, 6.45) is 0. The van der Waals surface area contributed by atoms with Crippen LogP contribution < -0.4 is 20.1 Å². The fourth-order valence-corrected chi connectivity index (χ4v) is 3.76. The van der Waals surface area contributed by atoms with Crippen molar-refractivity contribution in [2.24, 2.45) is 0 Å². The van der Waals surface area contributed by atoms with Gasteiger partial charge in [-0.3, -0.25) is 9.59 Å². The summed E-state index contributed by atoms with van der Waals surface area (Å²) in [7, 11) is 0. The van der Waals surface area contributed by atoms with E-state index in [-0.39, 0.29) is 29.9 Å². The van der Waals surface area contributed by atoms with Crippen LogP contribution in [0.3, 0.4) is 0 Å². The van der Waals surface area contributed by atoms with E-state index in [1.54, 1.807) is 36.4 Å². The number of carbonyl (C=O) groups excluding carboxylic acids is 2. The largest absolute Gasteiger partial charge is 0.454 e. The minimum atomic E-state index is -0.730. The summed E-state index contributed by atoms with van der Waals surface area (Å²) in [6.45, 7) is 0.432. The SMILES string of the molecule is O=C(CSc1ccc(F)cc1F)Nc1ccccc1C(=O)NCc1ccc2c(c1)OCO2. The molecule has 0 atom stereocenters. The molecule has 0 saturated carbocycles. The molecular formula is C23H18F2N2O4S. The normalized spacial score (nSPS) is 11.8. The van der Waals surface area contributed by atoms with E-state index in [2.05, 4.69) is 10.6 Å². The molecule has 0 unspecified atom stereocenters. The molecule has 3 aromatic carbocycles. The van der Waals surface area contributed by atoms with Gasteiger partial charge in [-0.1, -0.05) is 18.2 Å². The average molecular weight is 456 g/mol. The number of hydrogen-bond donors (Lipinski definition) is 2. The molecule has 0 fully saturated rings. The molecule has 1 aliphatic heterocycles. The molecule has 4 rings (SSSR count). The third kappa shape index (κ3) is 5.17. The number of carbonyl (C=O) groups is 2. The molecule has 0 bridgehead atoms. The van der Waals surface area contributed by atoms with E-state index in [0.29, 0.717) is 22.7 Å². The van der Waals surface area contributed by atoms with E-state index >= 15 is 0 Å². The molecule has 0 radical (unpaired) electrons. The standard InChI is InChI=1S/C23H18F2N2O4S/c24-15-6-8-21(17(25)10-15)32-12-22(28)27-18-4-2-1-3-16(18)23(29)26-11-14-5-7-19-20(9-14)31-13-30-19/h1-10H,11-13H2,(H,26,29)(H,27,28). The van der Waals surface area contributed by atoms with Gasteiger partial charge in [0.2, 0.25) is 12.7 Å². The molecule has 0 spiro atoms. The lowest BCUT2D eigenvalue weighted by Gasteiger charge is -2.12. The van der Waals surface area contributed by atoms with Crippen molar-refractivity contribution in [1.29, 1.82) is 0 Å². The third-order valence-corrected chi connectivity index (χ3v) is 5.64. The molecule has 3 aromatic rings. The second kappa shape index (κ2) is 9.69. The molecule has 2 amide bonds. The van der Waals surface area contributed by atoms with Gasteiger partial charge in [0.25, 0.3) is 5.91 Å². The first-order chi connectivity index (χ1) is 15.5. The number of benzene rings is 3. The molecule has 0 saturated heterocycles. The van der Waals surface area contributed by atoms with Crippen molar-refractivity contribution in [1.82, 2.24) is 5.32 Å². The number of halogens is 2. The first-order valence-electron chi connectivity index (χ1n) is 9.63. The lowest BCUT2D eigenvalue weighted by Crippen LogP contribution is -2.25. The molecular weight excluding hydrogens is 438 g/mol. The van der Waals surface area contributed by atoms with Crippen molar-refractivity contribution in [2.75, 3.05) is 17.9 Å². The van der Waals surface area contributed by atoms with Crippen LogP contribution in [0.25, 0.3) is 0 Å². The first kappa shape index (κ1) is 21.6. The van der Waals surface area contributed by atoms with E-state index in [0.717, 1.165) is 29.5 Å². The zero-order valence-corrected chi connectivity index (χ0v) is 17.5. The monoisotopic (exact) mass is 456 g/mol. The Morgan fingerprint density at radius 2 is 1.78 bits per heavy atom. The van der Waals surface area contributed by atoms with Crippen LogP contribution in [-0.4, -0.2) is 24.4 Å². The van der Waals surface area contributed by atoms with Gasteiger partial charge < -0.3 is 20.1 Å². The average Bonchev–Trinajstić information content (AvgIpc) is 3.25. The molecule has 1 aliphatic rings. The predicted octanol–water partition coefficient (Wildman–Crippen LogP) is 4.35. The number of amides is 2. The highest BCUT2D eigenvalue weighted by molar-refractivity contribution is 8.00. The summed E-state index contributed by atoms with van der Waals surface area (Å²) >= 11 is 0.938. The summed E-state index contributed by atoms with van der Waals surface area (Å²) in [6, 6.07) is 15.1. The fourth-order valence-electron chi connectivity index (χ4n) is 3.04. The number of nitrogens with one attached hydrogen (secondary N) is 2. The summed E-state index contributed by atoms with van der Waals surface area (Å²) in [4.78, 5) is 25.2. The Labute approximate surface area is 186 Å². The van der Waals surface area contributed by atoms with Crippen LogP contribution in [0.4, 0.5) is 14.5 Å². The number of hydrogen-bond acceptors (Lipinski definition) is 5. The molecule has 32 heavy (non-hydrogen) atoms. The molecule has 9 heteroatoms. The van der Waals surface area contributed by atoms with Crippen LogP contribution in [0.15, 0.2) is 65.6 Å². The molecule has 164 valence electrons. The number of fused-ring (bicyclic) bond motifs is 1. The van der Waals surface area contributed by atoms with Crippen molar-refractivity contribution >= 4 is 29.3 Å². The summed E-state index contributed by atoms with van der Waals surface area (Å²) in [5.74, 6) is -1.02. The maximum absolute atomic E-state index is 13.7. The van der Waals surface area contributed by atoms with E-state index < -0.39 is 17.5 Å². The predicted molar refractivity (Wildman–Crippen MR) is 116 cm³/mol. The number of anilines is 1. The molecule has 1 heterocycles. The van der Waals surface area contributed by atoms with Gasteiger partial charge in [-0.15, -0.1) is 11.8 Å². The van der Waals surface area contributed by atoms with Gasteiger partial charge in [0.1, 0.15) is 11.6 Å². The van der Waals surface area contributed by atoms with Crippen molar-refractivity contribution in [2.45, 2.75) is 11.4 Å². The Bertz CT molecular complexity index is 1170. The Hall–Kier alpha value is -3.59. The maximum Gasteiger partial charge on any atom is 0.253 e. The molecule has 0 aliphatic carbocycles. The minimum absolute atomic E-state index is 0.101. The molecule has 2 N–H and O–H groups in total. The van der Waals surface area contributed by atoms with Crippen molar-refractivity contribution in [3.05, 3.63) is 83.4 Å². The first-order valence-corrected chi connectivity index (χ1v) is 10.6. The van der Waals surface area contributed by atoms with Crippen LogP contribution in [-0.2, 0) is 11.3 Å². The van der Waals surface area contributed by atoms with Crippen molar-refractivity contribution in [3.8, 4) is 11.5 Å². The number of ether oxygens (including phenoxy) is 2. The van der Waals surface area contributed by atoms with Crippen LogP contribution >= 0.6 is 11.8 Å². The smallest absolute Gasteiger partial charge is 0.253 e. The Morgan fingerprint density at radius 1 is 0.969 bits per heavy atom. The zero-order valence-electron chi connectivity index (χ0n) is 16.7. The zero-order chi connectivity index (χ0) is 22.5. The molecule has 0 aromatic heterocycles. The quantitative estimate of drug-likeness (QED) is 0.517. The van der Waals surface area contributed by atoms with Crippen LogP contribution in [0.5, 0.6) is 11.5 Å². The highest BCUT2D eigenvalue weighted by Crippen LogP contribution is 2.32. The topological polar surface area (TPSA) is 76.7 Å². The second-order valence-electron chi connectivity index (χ2n) is 6.83. The van der Waals surface area contributed by atoms with Gasteiger partial charge in [-0.05, 0) is 42.0 Å². The van der Waals surface area contributed by atoms with Gasteiger partial charge in [-0.25, -0.2) is 8.78 Å². The van der Waals surface area contributed by atoms with E-state index in [9.17, 15) is 18.4 Å². The minimum Gasteiger partial charge on any atom is -0.454 e. The van der Waals surface area contributed by atoms with Crippen molar-refractivity contribution in [3.63, 3.8) is 0 Å². The van der Waals surface area contributed by atoms with Gasteiger partial charge >= 0.3 is 0 Å². The Morgan fingerprint density at radius 3 is 2.62 bits per heavy atom. The van der Waals surface area contributed by atoms with E-state index in [1.807, 2.05) is 6.07 Å². The van der Waals surface area contributed by atoms with Crippen LogP contribution in [0, 0.1) is 11.6 Å². The second-order valence-corrected chi connectivity index (χ2v) is 7.84. The van der Waals surface area contributed by atoms with Gasteiger partial charge in [-0.2, -0.15) is 0 Å². The van der Waals surface area contributed by atoms with E-state index in [1.165, 1.54) is 6.07 Å². The third-order valence-electron chi connectivity index (χ3n) is 4.59. The summed E-state index contributed by atoms with van der Waals surface area (Å²) in [5.41, 5.74) is 1.46. The van der Waals surface area contributed by atoms with Gasteiger partial charge in [0.05, 0.1) is 17.0 Å². The number of thioether (sulfide) groups is 1. The number of rotatable bonds is 7. The maximum atomic E-state index is 13.7. The lowest BCUT2D eigenvalue weighted by atomic mass is 10.1. The van der Waals surface area contributed by atoms with Crippen LogP contribution in [0.1, 0.15) is 15.9 Å².